The van der Waals surface area contributed by atoms with Crippen LogP contribution in [0, 0.1) is 0 Å². The summed E-state index contributed by atoms with van der Waals surface area (Å²) in [6.45, 7) is 6.92. The second kappa shape index (κ2) is 6.74. The van der Waals surface area contributed by atoms with Gasteiger partial charge in [0.05, 0.1) is 6.54 Å². The molecule has 5 nitrogen and oxygen atoms in total. The summed E-state index contributed by atoms with van der Waals surface area (Å²) in [6, 6.07) is 3.49. The second-order valence-corrected chi connectivity index (χ2v) is 3.93. The van der Waals surface area contributed by atoms with Crippen LogP contribution in [0.1, 0.15) is 31.1 Å². The van der Waals surface area contributed by atoms with E-state index in [1.54, 1.807) is 12.1 Å². The van der Waals surface area contributed by atoms with Crippen molar-refractivity contribution in [2.75, 3.05) is 24.5 Å². The molecule has 1 amide bonds. The summed E-state index contributed by atoms with van der Waals surface area (Å²) in [5.74, 6) is 0.659. The Kier molecular flexibility index (Phi) is 5.30. The summed E-state index contributed by atoms with van der Waals surface area (Å²) in [6.07, 6.45) is 1.54. The zero-order valence-electron chi connectivity index (χ0n) is 11.1. The molecule has 0 aromatic carbocycles. The fourth-order valence-electron chi connectivity index (χ4n) is 1.56. The standard InChI is InChI=1S/C13H19N3O2/c1-4-14-13(18)9-16(5-2)12-7-6-11(8-15-12)10(3)17/h6-8H,4-5,9H2,1-3H3,(H,14,18). The minimum absolute atomic E-state index is 0.0131. The maximum atomic E-state index is 11.5. The van der Waals surface area contributed by atoms with E-state index in [1.165, 1.54) is 13.1 Å². The number of amides is 1. The summed E-state index contributed by atoms with van der Waals surface area (Å²) < 4.78 is 0. The van der Waals surface area contributed by atoms with Crippen molar-refractivity contribution in [2.45, 2.75) is 20.8 Å². The van der Waals surface area contributed by atoms with Crippen LogP contribution in [-0.2, 0) is 4.79 Å². The quantitative estimate of drug-likeness (QED) is 0.771. The van der Waals surface area contributed by atoms with Crippen molar-refractivity contribution in [3.63, 3.8) is 0 Å². The van der Waals surface area contributed by atoms with Gasteiger partial charge in [0.1, 0.15) is 5.82 Å². The highest BCUT2D eigenvalue weighted by Gasteiger charge is 2.10. The van der Waals surface area contributed by atoms with Crippen LogP contribution >= 0.6 is 0 Å². The first kappa shape index (κ1) is 14.2. The molecule has 1 heterocycles. The average Bonchev–Trinajstić information content (AvgIpc) is 2.36. The van der Waals surface area contributed by atoms with E-state index in [9.17, 15) is 9.59 Å². The number of likely N-dealkylation sites (N-methyl/N-ethyl adjacent to an activating group) is 2. The van der Waals surface area contributed by atoms with Crippen molar-refractivity contribution < 1.29 is 9.59 Å². The van der Waals surface area contributed by atoms with E-state index in [0.717, 1.165) is 0 Å². The Morgan fingerprint density at radius 2 is 2.06 bits per heavy atom. The number of rotatable bonds is 6. The summed E-state index contributed by atoms with van der Waals surface area (Å²) in [5, 5.41) is 2.75. The van der Waals surface area contributed by atoms with Gasteiger partial charge in [0.2, 0.25) is 5.91 Å². The maximum absolute atomic E-state index is 11.5. The molecular weight excluding hydrogens is 230 g/mol. The molecule has 0 bridgehead atoms. The molecule has 1 aromatic heterocycles. The van der Waals surface area contributed by atoms with Gasteiger partial charge in [-0.2, -0.15) is 0 Å². The first-order valence-corrected chi connectivity index (χ1v) is 6.07. The van der Waals surface area contributed by atoms with Crippen molar-refractivity contribution in [2.24, 2.45) is 0 Å². The van der Waals surface area contributed by atoms with Gasteiger partial charge in [-0.1, -0.05) is 0 Å². The third-order valence-electron chi connectivity index (χ3n) is 2.57. The van der Waals surface area contributed by atoms with Crippen LogP contribution in [0.2, 0.25) is 0 Å². The highest BCUT2D eigenvalue weighted by atomic mass is 16.2. The number of aromatic nitrogens is 1. The Balaban J connectivity index is 2.76. The van der Waals surface area contributed by atoms with E-state index in [-0.39, 0.29) is 18.2 Å². The molecule has 0 saturated heterocycles. The Labute approximate surface area is 107 Å². The number of carbonyl (C=O) groups excluding carboxylic acids is 2. The molecule has 0 aliphatic heterocycles. The number of hydrogen-bond acceptors (Lipinski definition) is 4. The van der Waals surface area contributed by atoms with E-state index in [1.807, 2.05) is 18.7 Å². The molecular formula is C13H19N3O2. The number of carbonyl (C=O) groups is 2. The van der Waals surface area contributed by atoms with Crippen molar-refractivity contribution in [3.05, 3.63) is 23.9 Å². The van der Waals surface area contributed by atoms with Crippen molar-refractivity contribution in [1.29, 1.82) is 0 Å². The molecule has 0 spiro atoms. The van der Waals surface area contributed by atoms with E-state index in [4.69, 9.17) is 0 Å². The lowest BCUT2D eigenvalue weighted by molar-refractivity contribution is -0.119. The highest BCUT2D eigenvalue weighted by Crippen LogP contribution is 2.11. The molecule has 0 radical (unpaired) electrons. The molecule has 0 saturated carbocycles. The SMILES string of the molecule is CCNC(=O)CN(CC)c1ccc(C(C)=O)cn1. The predicted octanol–water partition coefficient (Wildman–Crippen LogP) is 1.25. The highest BCUT2D eigenvalue weighted by molar-refractivity contribution is 5.93. The van der Waals surface area contributed by atoms with Gasteiger partial charge in [-0.15, -0.1) is 0 Å². The van der Waals surface area contributed by atoms with Crippen molar-refractivity contribution in [1.82, 2.24) is 10.3 Å². The number of anilines is 1. The van der Waals surface area contributed by atoms with Crippen LogP contribution in [0.5, 0.6) is 0 Å². The van der Waals surface area contributed by atoms with Crippen LogP contribution in [0.15, 0.2) is 18.3 Å². The number of nitrogens with one attached hydrogen (secondary N) is 1. The van der Waals surface area contributed by atoms with E-state index < -0.39 is 0 Å². The summed E-state index contributed by atoms with van der Waals surface area (Å²) in [5.41, 5.74) is 0.577. The molecule has 5 heteroatoms. The molecule has 0 atom stereocenters. The third kappa shape index (κ3) is 3.84. The Morgan fingerprint density at radius 1 is 1.33 bits per heavy atom. The van der Waals surface area contributed by atoms with Crippen LogP contribution in [0.3, 0.4) is 0 Å². The van der Waals surface area contributed by atoms with Gasteiger partial charge in [0, 0.05) is 24.8 Å². The molecule has 18 heavy (non-hydrogen) atoms. The fourth-order valence-corrected chi connectivity index (χ4v) is 1.56. The molecule has 1 rings (SSSR count). The molecule has 98 valence electrons. The van der Waals surface area contributed by atoms with Gasteiger partial charge in [-0.05, 0) is 32.9 Å². The number of Topliss-reactive ketones (excluding diaryl/α,β-unsaturated/α-hetero) is 1. The van der Waals surface area contributed by atoms with E-state index in [2.05, 4.69) is 10.3 Å². The average molecular weight is 249 g/mol. The fraction of sp³-hybridized carbons (Fsp3) is 0.462. The minimum atomic E-state index is -0.0307. The summed E-state index contributed by atoms with van der Waals surface area (Å²) in [4.78, 5) is 28.7. The molecule has 0 aliphatic rings. The van der Waals surface area contributed by atoms with Gasteiger partial charge in [-0.25, -0.2) is 4.98 Å². The third-order valence-corrected chi connectivity index (χ3v) is 2.57. The topological polar surface area (TPSA) is 62.3 Å². The van der Waals surface area contributed by atoms with Gasteiger partial charge in [0.25, 0.3) is 0 Å². The van der Waals surface area contributed by atoms with Gasteiger partial charge < -0.3 is 10.2 Å². The van der Waals surface area contributed by atoms with Gasteiger partial charge >= 0.3 is 0 Å². The first-order chi connectivity index (χ1) is 8.58. The number of pyridine rings is 1. The smallest absolute Gasteiger partial charge is 0.239 e. The van der Waals surface area contributed by atoms with E-state index >= 15 is 0 Å². The lowest BCUT2D eigenvalue weighted by atomic mass is 10.2. The zero-order valence-corrected chi connectivity index (χ0v) is 11.1. The van der Waals surface area contributed by atoms with Crippen LogP contribution in [0.25, 0.3) is 0 Å². The largest absolute Gasteiger partial charge is 0.355 e. The van der Waals surface area contributed by atoms with Crippen LogP contribution in [0.4, 0.5) is 5.82 Å². The molecule has 0 aliphatic carbocycles. The zero-order chi connectivity index (χ0) is 13.5. The molecule has 0 fully saturated rings. The van der Waals surface area contributed by atoms with Crippen LogP contribution in [-0.4, -0.2) is 36.3 Å². The van der Waals surface area contributed by atoms with Crippen LogP contribution < -0.4 is 10.2 Å². The number of ketones is 1. The lowest BCUT2D eigenvalue weighted by Gasteiger charge is -2.21. The summed E-state index contributed by atoms with van der Waals surface area (Å²) in [7, 11) is 0. The maximum Gasteiger partial charge on any atom is 0.239 e. The molecule has 1 N–H and O–H groups in total. The number of hydrogen-bond donors (Lipinski definition) is 1. The van der Waals surface area contributed by atoms with Crippen molar-refractivity contribution in [3.8, 4) is 0 Å². The first-order valence-electron chi connectivity index (χ1n) is 6.07. The Hall–Kier alpha value is -1.91. The van der Waals surface area contributed by atoms with Crippen molar-refractivity contribution >= 4 is 17.5 Å². The normalized spacial score (nSPS) is 9.94. The minimum Gasteiger partial charge on any atom is -0.355 e. The lowest BCUT2D eigenvalue weighted by Crippen LogP contribution is -2.37. The summed E-state index contributed by atoms with van der Waals surface area (Å²) >= 11 is 0. The van der Waals surface area contributed by atoms with E-state index in [0.29, 0.717) is 24.5 Å². The van der Waals surface area contributed by atoms with Gasteiger partial charge in [0.15, 0.2) is 5.78 Å². The predicted molar refractivity (Wildman–Crippen MR) is 70.8 cm³/mol. The van der Waals surface area contributed by atoms with Gasteiger partial charge in [-0.3, -0.25) is 9.59 Å². The Bertz CT molecular complexity index is 415. The Morgan fingerprint density at radius 3 is 2.50 bits per heavy atom. The molecule has 1 aromatic rings. The second-order valence-electron chi connectivity index (χ2n) is 3.93. The molecule has 0 unspecified atom stereocenters. The number of nitrogens with zero attached hydrogens (tertiary/aromatic N) is 2. The monoisotopic (exact) mass is 249 g/mol.